The van der Waals surface area contributed by atoms with E-state index in [2.05, 4.69) is 12.2 Å². The Morgan fingerprint density at radius 3 is 2.57 bits per heavy atom. The van der Waals surface area contributed by atoms with Crippen LogP contribution in [0.1, 0.15) is 23.1 Å². The summed E-state index contributed by atoms with van der Waals surface area (Å²) in [6.07, 6.45) is 1.11. The van der Waals surface area contributed by atoms with Gasteiger partial charge in [0.1, 0.15) is 13.2 Å². The molecule has 0 saturated heterocycles. The number of fused-ring (bicyclic) bond motifs is 1. The minimum atomic E-state index is 0.0168. The zero-order valence-electron chi connectivity index (χ0n) is 13.5. The van der Waals surface area contributed by atoms with Crippen molar-refractivity contribution < 1.29 is 14.3 Å². The number of amides is 1. The number of hydrogen-bond acceptors (Lipinski definition) is 3. The molecule has 3 rings (SSSR count). The Morgan fingerprint density at radius 2 is 1.78 bits per heavy atom. The first kappa shape index (κ1) is 15.4. The number of benzene rings is 2. The second kappa shape index (κ2) is 6.73. The molecule has 2 aromatic carbocycles. The van der Waals surface area contributed by atoms with Crippen LogP contribution in [0.4, 0.5) is 5.69 Å². The molecule has 4 nitrogen and oxygen atoms in total. The molecule has 0 saturated carbocycles. The predicted molar refractivity (Wildman–Crippen MR) is 90.3 cm³/mol. The molecule has 0 fully saturated rings. The van der Waals surface area contributed by atoms with E-state index in [4.69, 9.17) is 9.47 Å². The topological polar surface area (TPSA) is 47.6 Å². The second-order valence-corrected chi connectivity index (χ2v) is 5.83. The molecule has 0 spiro atoms. The Kier molecular flexibility index (Phi) is 4.51. The number of carbonyl (C=O) groups excluding carboxylic acids is 1. The molecule has 0 radical (unpaired) electrons. The van der Waals surface area contributed by atoms with E-state index in [1.165, 1.54) is 11.1 Å². The third-order valence-electron chi connectivity index (χ3n) is 4.04. The molecule has 4 heteroatoms. The van der Waals surface area contributed by atoms with E-state index in [-0.39, 0.29) is 5.91 Å². The Hall–Kier alpha value is -2.49. The molecule has 0 unspecified atom stereocenters. The fraction of sp³-hybridized carbons (Fsp3) is 0.316. The number of nitrogens with one attached hydrogen (secondary N) is 1. The van der Waals surface area contributed by atoms with Gasteiger partial charge >= 0.3 is 0 Å². The predicted octanol–water partition coefficient (Wildman–Crippen LogP) is 3.65. The fourth-order valence-electron chi connectivity index (χ4n) is 2.54. The lowest BCUT2D eigenvalue weighted by Crippen LogP contribution is -2.15. The fourth-order valence-corrected chi connectivity index (χ4v) is 2.54. The first-order valence-electron chi connectivity index (χ1n) is 7.87. The minimum absolute atomic E-state index is 0.0168. The molecule has 1 heterocycles. The highest BCUT2D eigenvalue weighted by Crippen LogP contribution is 2.31. The molecular weight excluding hydrogens is 290 g/mol. The van der Waals surface area contributed by atoms with Crippen molar-refractivity contribution in [3.8, 4) is 11.5 Å². The van der Waals surface area contributed by atoms with Gasteiger partial charge in [-0.15, -0.1) is 0 Å². The number of ether oxygens (including phenoxy) is 2. The number of carbonyl (C=O) groups is 1. The van der Waals surface area contributed by atoms with E-state index >= 15 is 0 Å². The average molecular weight is 311 g/mol. The van der Waals surface area contributed by atoms with Crippen molar-refractivity contribution in [1.29, 1.82) is 0 Å². The maximum atomic E-state index is 12.1. The molecule has 0 aromatic heterocycles. The molecule has 0 aliphatic carbocycles. The highest BCUT2D eigenvalue weighted by atomic mass is 16.6. The Morgan fingerprint density at radius 1 is 1.00 bits per heavy atom. The summed E-state index contributed by atoms with van der Waals surface area (Å²) in [5.41, 5.74) is 4.32. The van der Waals surface area contributed by atoms with Gasteiger partial charge in [-0.3, -0.25) is 4.79 Å². The zero-order chi connectivity index (χ0) is 16.2. The monoisotopic (exact) mass is 311 g/mol. The summed E-state index contributed by atoms with van der Waals surface area (Å²) in [5, 5.41) is 2.95. The van der Waals surface area contributed by atoms with Crippen LogP contribution in [-0.2, 0) is 11.2 Å². The second-order valence-electron chi connectivity index (χ2n) is 5.83. The van der Waals surface area contributed by atoms with Crippen LogP contribution in [0, 0.1) is 13.8 Å². The average Bonchev–Trinajstić information content (AvgIpc) is 2.56. The van der Waals surface area contributed by atoms with Crippen molar-refractivity contribution >= 4 is 11.6 Å². The Labute approximate surface area is 136 Å². The van der Waals surface area contributed by atoms with Crippen LogP contribution in [-0.4, -0.2) is 19.1 Å². The maximum absolute atomic E-state index is 12.1. The van der Waals surface area contributed by atoms with E-state index < -0.39 is 0 Å². The van der Waals surface area contributed by atoms with Crippen LogP contribution in [0.2, 0.25) is 0 Å². The Bertz CT molecular complexity index is 725. The van der Waals surface area contributed by atoms with Crippen LogP contribution in [0.15, 0.2) is 36.4 Å². The molecule has 120 valence electrons. The summed E-state index contributed by atoms with van der Waals surface area (Å²) in [6.45, 7) is 5.26. The minimum Gasteiger partial charge on any atom is -0.486 e. The van der Waals surface area contributed by atoms with Crippen molar-refractivity contribution in [2.45, 2.75) is 26.7 Å². The summed E-state index contributed by atoms with van der Waals surface area (Å²) < 4.78 is 11.1. The lowest BCUT2D eigenvalue weighted by molar-refractivity contribution is -0.116. The van der Waals surface area contributed by atoms with E-state index in [1.54, 1.807) is 0 Å². The SMILES string of the molecule is Cc1ccc(NC(=O)CCc2ccc3c(c2)OCCO3)cc1C. The van der Waals surface area contributed by atoms with Gasteiger partial charge < -0.3 is 14.8 Å². The van der Waals surface area contributed by atoms with Crippen LogP contribution >= 0.6 is 0 Å². The maximum Gasteiger partial charge on any atom is 0.224 e. The van der Waals surface area contributed by atoms with Gasteiger partial charge in [0.15, 0.2) is 11.5 Å². The van der Waals surface area contributed by atoms with Gasteiger partial charge in [0.05, 0.1) is 0 Å². The largest absolute Gasteiger partial charge is 0.486 e. The summed E-state index contributed by atoms with van der Waals surface area (Å²) in [5.74, 6) is 1.56. The summed E-state index contributed by atoms with van der Waals surface area (Å²) in [7, 11) is 0. The highest BCUT2D eigenvalue weighted by Gasteiger charge is 2.12. The molecular formula is C19H21NO3. The van der Waals surface area contributed by atoms with Gasteiger partial charge in [0, 0.05) is 12.1 Å². The number of hydrogen-bond donors (Lipinski definition) is 1. The van der Waals surface area contributed by atoms with Gasteiger partial charge in [-0.25, -0.2) is 0 Å². The van der Waals surface area contributed by atoms with Crippen molar-refractivity contribution in [2.75, 3.05) is 18.5 Å². The van der Waals surface area contributed by atoms with Crippen LogP contribution in [0.25, 0.3) is 0 Å². The molecule has 1 amide bonds. The third kappa shape index (κ3) is 3.83. The van der Waals surface area contributed by atoms with Crippen LogP contribution in [0.3, 0.4) is 0 Å². The van der Waals surface area contributed by atoms with Crippen molar-refractivity contribution in [3.63, 3.8) is 0 Å². The van der Waals surface area contributed by atoms with Gasteiger partial charge in [0.25, 0.3) is 0 Å². The number of anilines is 1. The standard InChI is InChI=1S/C19H21NO3/c1-13-3-6-16(11-14(13)2)20-19(21)8-5-15-4-7-17-18(12-15)23-10-9-22-17/h3-4,6-7,11-12H,5,8-10H2,1-2H3,(H,20,21). The zero-order valence-corrected chi connectivity index (χ0v) is 13.5. The lowest BCUT2D eigenvalue weighted by atomic mass is 10.1. The first-order chi connectivity index (χ1) is 11.1. The van der Waals surface area contributed by atoms with Crippen molar-refractivity contribution in [2.24, 2.45) is 0 Å². The van der Waals surface area contributed by atoms with Gasteiger partial charge in [0.2, 0.25) is 5.91 Å². The van der Waals surface area contributed by atoms with E-state index in [9.17, 15) is 4.79 Å². The van der Waals surface area contributed by atoms with Crippen LogP contribution < -0.4 is 14.8 Å². The van der Waals surface area contributed by atoms with Crippen molar-refractivity contribution in [3.05, 3.63) is 53.1 Å². The summed E-state index contributed by atoms with van der Waals surface area (Å²) in [6, 6.07) is 11.8. The molecule has 23 heavy (non-hydrogen) atoms. The Balaban J connectivity index is 1.57. The van der Waals surface area contributed by atoms with Gasteiger partial charge in [-0.1, -0.05) is 12.1 Å². The smallest absolute Gasteiger partial charge is 0.224 e. The van der Waals surface area contributed by atoms with Crippen LogP contribution in [0.5, 0.6) is 11.5 Å². The highest BCUT2D eigenvalue weighted by molar-refractivity contribution is 5.91. The third-order valence-corrected chi connectivity index (χ3v) is 4.04. The first-order valence-corrected chi connectivity index (χ1v) is 7.87. The van der Waals surface area contributed by atoms with Gasteiger partial charge in [-0.05, 0) is 61.2 Å². The molecule has 0 atom stereocenters. The normalized spacial score (nSPS) is 12.8. The van der Waals surface area contributed by atoms with E-state index in [0.717, 1.165) is 22.7 Å². The molecule has 1 aliphatic heterocycles. The lowest BCUT2D eigenvalue weighted by Gasteiger charge is -2.18. The quantitative estimate of drug-likeness (QED) is 0.937. The summed E-state index contributed by atoms with van der Waals surface area (Å²) in [4.78, 5) is 12.1. The number of aryl methyl sites for hydroxylation is 3. The van der Waals surface area contributed by atoms with Gasteiger partial charge in [-0.2, -0.15) is 0 Å². The summed E-state index contributed by atoms with van der Waals surface area (Å²) >= 11 is 0. The number of rotatable bonds is 4. The molecule has 1 N–H and O–H groups in total. The van der Waals surface area contributed by atoms with Crippen molar-refractivity contribution in [1.82, 2.24) is 0 Å². The molecule has 0 bridgehead atoms. The van der Waals surface area contributed by atoms with E-state index in [0.29, 0.717) is 26.1 Å². The van der Waals surface area contributed by atoms with E-state index in [1.807, 2.05) is 43.3 Å². The molecule has 1 aliphatic rings. The molecule has 2 aromatic rings.